The SMILES string of the molecule is [2H]C1([2H])N(CCCC(=O)c2c(OC)cc(OC)cc2OC)C([2H])([2H])C([2H])([2H])C1([2H])[2H]. The fraction of sp³-hybridized carbons (Fsp3) is 0.588. The van der Waals surface area contributed by atoms with Gasteiger partial charge in [-0.2, -0.15) is 0 Å². The van der Waals surface area contributed by atoms with Crippen LogP contribution in [0.5, 0.6) is 17.2 Å². The number of hydrogen-bond acceptors (Lipinski definition) is 5. The summed E-state index contributed by atoms with van der Waals surface area (Å²) < 4.78 is 78.7. The molecule has 1 aromatic rings. The summed E-state index contributed by atoms with van der Waals surface area (Å²) in [5, 5.41) is 0. The van der Waals surface area contributed by atoms with Gasteiger partial charge in [0.05, 0.1) is 21.3 Å². The van der Waals surface area contributed by atoms with Crippen LogP contribution in [0.15, 0.2) is 12.1 Å². The molecule has 0 aliphatic carbocycles. The lowest BCUT2D eigenvalue weighted by atomic mass is 10.0. The summed E-state index contributed by atoms with van der Waals surface area (Å²) in [4.78, 5) is 13.3. The van der Waals surface area contributed by atoms with Gasteiger partial charge in [0.15, 0.2) is 5.78 Å². The lowest BCUT2D eigenvalue weighted by Gasteiger charge is -2.16. The van der Waals surface area contributed by atoms with Crippen molar-refractivity contribution in [2.45, 2.75) is 25.6 Å². The molecule has 0 atom stereocenters. The molecule has 1 heterocycles. The first kappa shape index (κ1) is 8.77. The van der Waals surface area contributed by atoms with Crippen LogP contribution in [0.2, 0.25) is 0 Å². The summed E-state index contributed by atoms with van der Waals surface area (Å²) in [5.41, 5.74) is 0.152. The van der Waals surface area contributed by atoms with Gasteiger partial charge in [0, 0.05) is 29.5 Å². The molecule has 1 aromatic carbocycles. The fourth-order valence-corrected chi connectivity index (χ4v) is 2.13. The summed E-state index contributed by atoms with van der Waals surface area (Å²) in [6.07, 6.45) is -6.36. The number of ether oxygens (including phenoxy) is 3. The smallest absolute Gasteiger partial charge is 0.170 e. The largest absolute Gasteiger partial charge is 0.496 e. The standard InChI is InChI=1S/C17H25NO4/c1-20-13-11-15(21-2)17(16(12-13)22-3)14(19)7-6-10-18-8-4-5-9-18/h11-12H,4-10H2,1-3H3/i4D2,5D2,8D2,9D2. The van der Waals surface area contributed by atoms with E-state index >= 15 is 0 Å². The van der Waals surface area contributed by atoms with Gasteiger partial charge < -0.3 is 19.1 Å². The maximum absolute atomic E-state index is 12.8. The second-order valence-electron chi connectivity index (χ2n) is 4.56. The van der Waals surface area contributed by atoms with E-state index in [1.807, 2.05) is 0 Å². The van der Waals surface area contributed by atoms with Gasteiger partial charge >= 0.3 is 0 Å². The second-order valence-corrected chi connectivity index (χ2v) is 4.56. The minimum atomic E-state index is -3.09. The number of carbonyl (C=O) groups excluding carboxylic acids is 1. The van der Waals surface area contributed by atoms with Crippen LogP contribution in [0.3, 0.4) is 0 Å². The number of rotatable bonds is 8. The van der Waals surface area contributed by atoms with Crippen molar-refractivity contribution in [3.63, 3.8) is 0 Å². The lowest BCUT2D eigenvalue weighted by Crippen LogP contribution is -2.21. The van der Waals surface area contributed by atoms with Crippen LogP contribution in [-0.2, 0) is 0 Å². The van der Waals surface area contributed by atoms with Crippen molar-refractivity contribution in [2.75, 3.05) is 40.9 Å². The third kappa shape index (κ3) is 3.91. The zero-order valence-electron chi connectivity index (χ0n) is 20.9. The molecule has 0 unspecified atom stereocenters. The second kappa shape index (κ2) is 8.03. The molecule has 0 aromatic heterocycles. The summed E-state index contributed by atoms with van der Waals surface area (Å²) >= 11 is 0. The Balaban J connectivity index is 2.23. The Kier molecular flexibility index (Phi) is 3.20. The molecular weight excluding hydrogens is 282 g/mol. The van der Waals surface area contributed by atoms with Crippen molar-refractivity contribution in [1.29, 1.82) is 0 Å². The zero-order valence-corrected chi connectivity index (χ0v) is 12.9. The number of Topliss-reactive ketones (excluding diaryl/α,β-unsaturated/α-hetero) is 1. The molecule has 1 fully saturated rings. The van der Waals surface area contributed by atoms with Gasteiger partial charge in [-0.05, 0) is 38.7 Å². The quantitative estimate of drug-likeness (QED) is 0.690. The number of ketones is 1. The number of hydrogen-bond donors (Lipinski definition) is 0. The molecule has 2 rings (SSSR count). The Labute approximate surface area is 143 Å². The van der Waals surface area contributed by atoms with Gasteiger partial charge in [-0.25, -0.2) is 0 Å². The van der Waals surface area contributed by atoms with Crippen LogP contribution in [-0.4, -0.2) is 51.6 Å². The number of nitrogens with zero attached hydrogens (tertiary/aromatic N) is 1. The molecule has 0 N–H and O–H groups in total. The van der Waals surface area contributed by atoms with Gasteiger partial charge in [-0.1, -0.05) is 0 Å². The molecule has 1 saturated heterocycles. The number of methoxy groups -OCH3 is 3. The molecule has 122 valence electrons. The highest BCUT2D eigenvalue weighted by Gasteiger charge is 2.20. The van der Waals surface area contributed by atoms with Crippen LogP contribution in [0.25, 0.3) is 0 Å². The molecule has 5 heteroatoms. The summed E-state index contributed by atoms with van der Waals surface area (Å²) in [7, 11) is 4.20. The average Bonchev–Trinajstić information content (AvgIpc) is 2.74. The fourth-order valence-electron chi connectivity index (χ4n) is 2.13. The third-order valence-electron chi connectivity index (χ3n) is 3.22. The van der Waals surface area contributed by atoms with E-state index in [2.05, 4.69) is 0 Å². The Bertz CT molecular complexity index is 764. The summed E-state index contributed by atoms with van der Waals surface area (Å²) in [6, 6.07) is 3.02. The maximum atomic E-state index is 12.8. The van der Waals surface area contributed by atoms with Gasteiger partial charge in [0.25, 0.3) is 0 Å². The van der Waals surface area contributed by atoms with E-state index in [0.29, 0.717) is 10.6 Å². The van der Waals surface area contributed by atoms with E-state index in [4.69, 9.17) is 25.2 Å². The van der Waals surface area contributed by atoms with Gasteiger partial charge in [-0.15, -0.1) is 0 Å². The van der Waals surface area contributed by atoms with Crippen molar-refractivity contribution >= 4 is 5.78 Å². The first-order valence-corrected chi connectivity index (χ1v) is 6.81. The normalized spacial score (nSPS) is 29.4. The maximum Gasteiger partial charge on any atom is 0.170 e. The molecule has 1 aliphatic heterocycles. The van der Waals surface area contributed by atoms with Crippen LogP contribution < -0.4 is 14.2 Å². The van der Waals surface area contributed by atoms with Crippen molar-refractivity contribution in [3.05, 3.63) is 17.7 Å². The minimum Gasteiger partial charge on any atom is -0.496 e. The van der Waals surface area contributed by atoms with E-state index < -0.39 is 31.5 Å². The van der Waals surface area contributed by atoms with Crippen LogP contribution >= 0.6 is 0 Å². The van der Waals surface area contributed by atoms with E-state index in [1.165, 1.54) is 33.5 Å². The summed E-state index contributed by atoms with van der Waals surface area (Å²) in [6.45, 7) is -6.18. The predicted molar refractivity (Wildman–Crippen MR) is 85.3 cm³/mol. The predicted octanol–water partition coefficient (Wildman–Crippen LogP) is 2.77. The van der Waals surface area contributed by atoms with Crippen molar-refractivity contribution < 1.29 is 30.0 Å². The molecule has 0 spiro atoms. The molecule has 0 radical (unpaired) electrons. The monoisotopic (exact) mass is 315 g/mol. The molecule has 0 amide bonds. The Hall–Kier alpha value is -1.75. The molecule has 5 nitrogen and oxygen atoms in total. The van der Waals surface area contributed by atoms with Crippen molar-refractivity contribution in [1.82, 2.24) is 4.90 Å². The lowest BCUT2D eigenvalue weighted by molar-refractivity contribution is 0.0970. The Morgan fingerprint density at radius 1 is 1.14 bits per heavy atom. The highest BCUT2D eigenvalue weighted by atomic mass is 16.5. The van der Waals surface area contributed by atoms with Crippen LogP contribution in [0.1, 0.15) is 46.9 Å². The third-order valence-corrected chi connectivity index (χ3v) is 3.22. The number of benzene rings is 1. The summed E-state index contributed by atoms with van der Waals surface area (Å²) in [5.74, 6) is 0.451. The molecule has 22 heavy (non-hydrogen) atoms. The highest BCUT2D eigenvalue weighted by molar-refractivity contribution is 6.01. The first-order chi connectivity index (χ1) is 13.7. The van der Waals surface area contributed by atoms with Gasteiger partial charge in [0.2, 0.25) is 0 Å². The topological polar surface area (TPSA) is 48.0 Å². The Morgan fingerprint density at radius 2 is 1.73 bits per heavy atom. The van der Waals surface area contributed by atoms with E-state index in [0.717, 1.165) is 0 Å². The molecule has 1 aliphatic rings. The zero-order chi connectivity index (χ0) is 23.1. The average molecular weight is 315 g/mol. The van der Waals surface area contributed by atoms with Gasteiger partial charge in [0.1, 0.15) is 22.8 Å². The molecular formula is C17H25NO4. The van der Waals surface area contributed by atoms with E-state index in [9.17, 15) is 4.79 Å². The van der Waals surface area contributed by atoms with E-state index in [-0.39, 0.29) is 36.4 Å². The number of likely N-dealkylation sites (tertiary alicyclic amines) is 1. The highest BCUT2D eigenvalue weighted by Crippen LogP contribution is 2.35. The number of carbonyl (C=O) groups is 1. The Morgan fingerprint density at radius 3 is 2.23 bits per heavy atom. The van der Waals surface area contributed by atoms with Gasteiger partial charge in [-0.3, -0.25) is 4.79 Å². The molecule has 0 bridgehead atoms. The van der Waals surface area contributed by atoms with Crippen LogP contribution in [0.4, 0.5) is 0 Å². The minimum absolute atomic E-state index is 0.0393. The molecule has 0 saturated carbocycles. The van der Waals surface area contributed by atoms with Crippen molar-refractivity contribution in [2.24, 2.45) is 0 Å². The van der Waals surface area contributed by atoms with Crippen LogP contribution in [0, 0.1) is 0 Å². The first-order valence-electron chi connectivity index (χ1n) is 10.8. The van der Waals surface area contributed by atoms with E-state index in [1.54, 1.807) is 0 Å². The van der Waals surface area contributed by atoms with Crippen molar-refractivity contribution in [3.8, 4) is 17.2 Å².